The SMILES string of the molecule is COc1ccccc1[C@@H](C)NC(=O)c1ccc2c(c1)SC1=NS(=O)(=O)CCN12. The lowest BCUT2D eigenvalue weighted by Gasteiger charge is -2.22. The number of rotatable bonds is 4. The molecule has 7 nitrogen and oxygen atoms in total. The van der Waals surface area contributed by atoms with Gasteiger partial charge in [0.05, 0.1) is 24.6 Å². The van der Waals surface area contributed by atoms with Crippen molar-refractivity contribution >= 4 is 38.5 Å². The van der Waals surface area contributed by atoms with Gasteiger partial charge in [-0.2, -0.15) is 0 Å². The fraction of sp³-hybridized carbons (Fsp3) is 0.263. The number of methoxy groups -OCH3 is 1. The van der Waals surface area contributed by atoms with Crippen LogP contribution in [-0.4, -0.2) is 38.9 Å². The number of benzene rings is 2. The van der Waals surface area contributed by atoms with Gasteiger partial charge in [-0.1, -0.05) is 18.2 Å². The van der Waals surface area contributed by atoms with Gasteiger partial charge < -0.3 is 15.0 Å². The Balaban J connectivity index is 1.55. The molecule has 0 aromatic heterocycles. The Morgan fingerprint density at radius 2 is 2.07 bits per heavy atom. The molecule has 0 bridgehead atoms. The van der Waals surface area contributed by atoms with Crippen LogP contribution in [0.5, 0.6) is 5.75 Å². The standard InChI is InChI=1S/C19H19N3O4S2/c1-12(14-5-3-4-6-16(14)26-2)20-18(23)13-7-8-15-17(11-13)27-19-21-28(24,25)10-9-22(15)19/h3-8,11-12H,9-10H2,1-2H3,(H,20,23)/t12-/m1/s1. The summed E-state index contributed by atoms with van der Waals surface area (Å²) in [7, 11) is -1.80. The lowest BCUT2D eigenvalue weighted by atomic mass is 10.1. The number of fused-ring (bicyclic) bond motifs is 3. The maximum atomic E-state index is 12.7. The molecule has 2 heterocycles. The van der Waals surface area contributed by atoms with Gasteiger partial charge in [0, 0.05) is 22.6 Å². The minimum atomic E-state index is -3.40. The third-order valence-electron chi connectivity index (χ3n) is 4.69. The predicted octanol–water partition coefficient (Wildman–Crippen LogP) is 2.80. The highest BCUT2D eigenvalue weighted by molar-refractivity contribution is 8.15. The number of nitrogens with one attached hydrogen (secondary N) is 1. The van der Waals surface area contributed by atoms with E-state index in [0.717, 1.165) is 21.9 Å². The summed E-state index contributed by atoms with van der Waals surface area (Å²) in [6, 6.07) is 12.7. The van der Waals surface area contributed by atoms with E-state index in [0.29, 0.717) is 17.3 Å². The number of hydrogen-bond acceptors (Lipinski definition) is 6. The second-order valence-electron chi connectivity index (χ2n) is 6.53. The average Bonchev–Trinajstić information content (AvgIpc) is 3.02. The zero-order valence-electron chi connectivity index (χ0n) is 15.4. The topological polar surface area (TPSA) is 88.1 Å². The van der Waals surface area contributed by atoms with Gasteiger partial charge >= 0.3 is 0 Å². The van der Waals surface area contributed by atoms with Crippen molar-refractivity contribution in [2.45, 2.75) is 17.9 Å². The van der Waals surface area contributed by atoms with Crippen molar-refractivity contribution in [2.75, 3.05) is 24.3 Å². The molecule has 9 heteroatoms. The zero-order valence-corrected chi connectivity index (χ0v) is 17.0. The summed E-state index contributed by atoms with van der Waals surface area (Å²) in [5, 5.41) is 3.43. The van der Waals surface area contributed by atoms with Crippen molar-refractivity contribution in [3.63, 3.8) is 0 Å². The number of amidine groups is 1. The Labute approximate surface area is 167 Å². The van der Waals surface area contributed by atoms with Gasteiger partial charge in [0.2, 0.25) is 0 Å². The number of amides is 1. The number of carbonyl (C=O) groups is 1. The van der Waals surface area contributed by atoms with Crippen LogP contribution >= 0.6 is 11.8 Å². The Kier molecular flexibility index (Phi) is 4.80. The number of para-hydroxylation sites is 1. The van der Waals surface area contributed by atoms with Crippen LogP contribution in [0, 0.1) is 0 Å². The van der Waals surface area contributed by atoms with Gasteiger partial charge in [0.15, 0.2) is 5.17 Å². The lowest BCUT2D eigenvalue weighted by molar-refractivity contribution is 0.0939. The fourth-order valence-electron chi connectivity index (χ4n) is 3.25. The number of sulfonamides is 1. The van der Waals surface area contributed by atoms with Crippen molar-refractivity contribution < 1.29 is 17.9 Å². The van der Waals surface area contributed by atoms with E-state index in [4.69, 9.17) is 4.74 Å². The Morgan fingerprint density at radius 1 is 1.29 bits per heavy atom. The number of thioether (sulfide) groups is 1. The first-order valence-corrected chi connectivity index (χ1v) is 11.2. The van der Waals surface area contributed by atoms with E-state index >= 15 is 0 Å². The largest absolute Gasteiger partial charge is 0.496 e. The Hall–Kier alpha value is -2.52. The van der Waals surface area contributed by atoms with Gasteiger partial charge in [0.1, 0.15) is 5.75 Å². The van der Waals surface area contributed by atoms with Crippen molar-refractivity contribution in [3.8, 4) is 5.75 Å². The number of anilines is 1. The molecule has 0 radical (unpaired) electrons. The van der Waals surface area contributed by atoms with E-state index in [1.54, 1.807) is 19.2 Å². The predicted molar refractivity (Wildman–Crippen MR) is 110 cm³/mol. The molecule has 2 aliphatic heterocycles. The quantitative estimate of drug-likeness (QED) is 0.823. The molecule has 0 unspecified atom stereocenters. The van der Waals surface area contributed by atoms with Crippen molar-refractivity contribution in [3.05, 3.63) is 53.6 Å². The molecular weight excluding hydrogens is 398 g/mol. The maximum Gasteiger partial charge on any atom is 0.257 e. The van der Waals surface area contributed by atoms with E-state index in [-0.39, 0.29) is 17.7 Å². The van der Waals surface area contributed by atoms with Crippen molar-refractivity contribution in [1.82, 2.24) is 5.32 Å². The molecule has 2 aromatic rings. The smallest absolute Gasteiger partial charge is 0.257 e. The molecule has 28 heavy (non-hydrogen) atoms. The summed E-state index contributed by atoms with van der Waals surface area (Å²) in [6.07, 6.45) is 0. The molecule has 0 saturated carbocycles. The lowest BCUT2D eigenvalue weighted by Crippen LogP contribution is -2.35. The van der Waals surface area contributed by atoms with E-state index < -0.39 is 10.0 Å². The van der Waals surface area contributed by atoms with Crippen LogP contribution in [0.1, 0.15) is 28.9 Å². The van der Waals surface area contributed by atoms with E-state index in [2.05, 4.69) is 9.71 Å². The Morgan fingerprint density at radius 3 is 2.86 bits per heavy atom. The molecule has 0 fully saturated rings. The van der Waals surface area contributed by atoms with Crippen LogP contribution in [-0.2, 0) is 10.0 Å². The highest BCUT2D eigenvalue weighted by Crippen LogP contribution is 2.42. The van der Waals surface area contributed by atoms with E-state index in [1.165, 1.54) is 11.8 Å². The molecule has 2 aliphatic rings. The molecular formula is C19H19N3O4S2. The summed E-state index contributed by atoms with van der Waals surface area (Å²) in [4.78, 5) is 15.4. The van der Waals surface area contributed by atoms with Crippen molar-refractivity contribution in [1.29, 1.82) is 0 Å². The molecule has 2 aromatic carbocycles. The molecule has 4 rings (SSSR count). The van der Waals surface area contributed by atoms with Crippen molar-refractivity contribution in [2.24, 2.45) is 4.40 Å². The van der Waals surface area contributed by atoms with Crippen LogP contribution in [0.4, 0.5) is 5.69 Å². The molecule has 146 valence electrons. The van der Waals surface area contributed by atoms with Crippen LogP contribution in [0.15, 0.2) is 51.8 Å². The maximum absolute atomic E-state index is 12.7. The number of carbonyl (C=O) groups excluding carboxylic acids is 1. The first-order valence-electron chi connectivity index (χ1n) is 8.74. The average molecular weight is 418 g/mol. The number of hydrogen-bond donors (Lipinski definition) is 1. The molecule has 1 N–H and O–H groups in total. The zero-order chi connectivity index (χ0) is 19.9. The van der Waals surface area contributed by atoms with Crippen LogP contribution in [0.2, 0.25) is 0 Å². The van der Waals surface area contributed by atoms with Gasteiger partial charge in [-0.05, 0) is 43.0 Å². The van der Waals surface area contributed by atoms with Crippen LogP contribution in [0.3, 0.4) is 0 Å². The molecule has 0 aliphatic carbocycles. The fourth-order valence-corrected chi connectivity index (χ4v) is 5.55. The normalized spacial score (nSPS) is 17.9. The summed E-state index contributed by atoms with van der Waals surface area (Å²) in [5.74, 6) is 0.506. The second-order valence-corrected chi connectivity index (χ2v) is 9.30. The highest BCUT2D eigenvalue weighted by atomic mass is 32.2. The van der Waals surface area contributed by atoms with Crippen LogP contribution in [0.25, 0.3) is 0 Å². The molecule has 0 spiro atoms. The third kappa shape index (κ3) is 3.47. The monoisotopic (exact) mass is 417 g/mol. The molecule has 1 atom stereocenters. The molecule has 1 amide bonds. The van der Waals surface area contributed by atoms with Gasteiger partial charge in [-0.3, -0.25) is 4.79 Å². The summed E-state index contributed by atoms with van der Waals surface area (Å²) in [5.41, 5.74) is 2.29. The van der Waals surface area contributed by atoms with E-state index in [9.17, 15) is 13.2 Å². The van der Waals surface area contributed by atoms with E-state index in [1.807, 2.05) is 42.2 Å². The minimum Gasteiger partial charge on any atom is -0.496 e. The van der Waals surface area contributed by atoms with Gasteiger partial charge in [-0.15, -0.1) is 4.40 Å². The van der Waals surface area contributed by atoms with Crippen LogP contribution < -0.4 is 15.0 Å². The summed E-state index contributed by atoms with van der Waals surface area (Å²) >= 11 is 1.27. The molecule has 0 saturated heterocycles. The number of ether oxygens (including phenoxy) is 1. The summed E-state index contributed by atoms with van der Waals surface area (Å²) in [6.45, 7) is 2.27. The van der Waals surface area contributed by atoms with Gasteiger partial charge in [0.25, 0.3) is 15.9 Å². The van der Waals surface area contributed by atoms with Gasteiger partial charge in [-0.25, -0.2) is 8.42 Å². The third-order valence-corrected chi connectivity index (χ3v) is 6.99. The first-order chi connectivity index (χ1) is 13.4. The summed E-state index contributed by atoms with van der Waals surface area (Å²) < 4.78 is 32.7. The number of nitrogens with zero attached hydrogens (tertiary/aromatic N) is 2. The highest BCUT2D eigenvalue weighted by Gasteiger charge is 2.33. The first kappa shape index (κ1) is 18.8. The minimum absolute atomic E-state index is 0.00480. The Bertz CT molecular complexity index is 1080. The second kappa shape index (κ2) is 7.14.